The maximum atomic E-state index is 15.7. The Labute approximate surface area is 603 Å². The van der Waals surface area contributed by atoms with Crippen LogP contribution in [0.15, 0.2) is 42.5 Å². The molecule has 31 heteroatoms. The van der Waals surface area contributed by atoms with E-state index in [1.807, 2.05) is 0 Å². The number of benzene rings is 2. The smallest absolute Gasteiger partial charge is 0.343 e. The highest BCUT2D eigenvalue weighted by atomic mass is 35.5. The predicted molar refractivity (Wildman–Crippen MR) is 368 cm³/mol. The zero-order valence-corrected chi connectivity index (χ0v) is 61.4. The maximum absolute atomic E-state index is 15.7. The number of amides is 12. The largest absolute Gasteiger partial charge is 0.417 e. The first-order valence-electron chi connectivity index (χ1n) is 35.8. The van der Waals surface area contributed by atoms with Gasteiger partial charge in [-0.1, -0.05) is 95.5 Å². The number of aryl methyl sites for hydroxylation is 1. The molecule has 5 fully saturated rings. The number of carbonyl (C=O) groups excluding carboxylic acids is 12. The first-order valence-corrected chi connectivity index (χ1v) is 36.1. The van der Waals surface area contributed by atoms with Crippen LogP contribution in [0.3, 0.4) is 0 Å². The van der Waals surface area contributed by atoms with Gasteiger partial charge in [-0.25, -0.2) is 0 Å². The third-order valence-electron chi connectivity index (χ3n) is 21.4. The molecule has 0 radical (unpaired) electrons. The van der Waals surface area contributed by atoms with Gasteiger partial charge in [-0.3, -0.25) is 57.5 Å². The van der Waals surface area contributed by atoms with Crippen LogP contribution in [-0.2, 0) is 82.7 Å². The molecule has 0 aromatic heterocycles. The van der Waals surface area contributed by atoms with E-state index in [2.05, 4.69) is 16.0 Å². The van der Waals surface area contributed by atoms with Crippen LogP contribution in [0, 0.1) is 11.8 Å². The summed E-state index contributed by atoms with van der Waals surface area (Å²) in [5, 5.41) is 7.87. The number of hydrogen-bond donors (Lipinski definition) is 3. The van der Waals surface area contributed by atoms with Crippen molar-refractivity contribution in [3.8, 4) is 0 Å². The third-order valence-corrected chi connectivity index (χ3v) is 21.7. The minimum absolute atomic E-state index is 0.0401. The number of fused-ring (bicyclic) bond motifs is 1. The molecule has 8 atom stereocenters. The Morgan fingerprint density at radius 3 is 1.79 bits per heavy atom. The lowest BCUT2D eigenvalue weighted by Crippen LogP contribution is -2.65. The van der Waals surface area contributed by atoms with E-state index in [0.717, 1.165) is 68.5 Å². The second kappa shape index (κ2) is 35.6. The lowest BCUT2D eigenvalue weighted by atomic mass is 9.81. The van der Waals surface area contributed by atoms with E-state index >= 15 is 19.2 Å². The molecule has 0 unspecified atom stereocenters. The Morgan fingerprint density at radius 1 is 0.592 bits per heavy atom. The minimum Gasteiger partial charge on any atom is -0.343 e. The summed E-state index contributed by atoms with van der Waals surface area (Å²) in [4.78, 5) is 189. The molecular formula is C72H101ClF6N12O12. The molecule has 24 nitrogen and oxygen atoms in total. The van der Waals surface area contributed by atoms with Crippen LogP contribution in [0.5, 0.6) is 0 Å². The number of likely N-dealkylation sites (tertiary alicyclic amines) is 1. The van der Waals surface area contributed by atoms with Crippen molar-refractivity contribution in [2.45, 2.75) is 209 Å². The first-order chi connectivity index (χ1) is 48.4. The van der Waals surface area contributed by atoms with Gasteiger partial charge in [-0.05, 0) is 118 Å². The lowest BCUT2D eigenvalue weighted by Gasteiger charge is -2.43. The van der Waals surface area contributed by atoms with E-state index in [1.165, 1.54) is 68.9 Å². The van der Waals surface area contributed by atoms with Crippen LogP contribution >= 0.6 is 11.6 Å². The summed E-state index contributed by atoms with van der Waals surface area (Å²) in [7, 11) is 9.25. The van der Waals surface area contributed by atoms with Crippen molar-refractivity contribution in [1.82, 2.24) is 60.0 Å². The molecule has 3 saturated heterocycles. The SMILES string of the molecule is CCC[C@H]1C(=O)N[C@@H]([C@@H](C)CC)C(=O)N(C)CC(=O)N(C)CC(=O)N(C)[C@@H](Cc2ccc(C(F)(F)F)cc2)C(=O)N(C)CC(=O)N[C@@H](CCc2ccc(C(F)(F)F)c(Cl)c2)C(=O)N2CCC[C@H]2C(=O)NC2(CCCC2)C(=O)N(C)[C@@H](C2CCCCC2)C(=O)N(C)[C@H](C(=O)N2CCCC2)CC(=O)N1C. The Bertz CT molecular complexity index is 3420. The standard InChI is InChI=1S/C72H101ClF6N12O12/c1-11-21-52-62(96)81-60(44(3)12-2)67(101)85(6)42-58(94)83(4)43-59(95)87(8)54(39-46-25-29-48(30-26-46)71(74,75)76)65(99)84(5)41-56(92)80-51(32-28-45-27-31-49(50(73)38-45)72(77,78)79)64(98)91-37-20-24-53(91)63(97)82-70(33-16-17-34-70)69(103)89(10)61(47-22-14-13-15-23-47)68(102)88(9)55(40-57(93)86(52)7)66(100)90-35-18-19-36-90/h25-27,29-31,38,44,47,51-55,60-61H,11-24,28,32-37,39-43H2,1-10H3,(H,80,92)(H,81,96)(H,82,97)/t44-,51-,52-,53-,54-,55-,60-,61-/m0/s1. The van der Waals surface area contributed by atoms with Gasteiger partial charge in [-0.15, -0.1) is 0 Å². The van der Waals surface area contributed by atoms with Gasteiger partial charge in [0, 0.05) is 75.4 Å². The van der Waals surface area contributed by atoms with Crippen molar-refractivity contribution in [2.24, 2.45) is 11.8 Å². The molecule has 103 heavy (non-hydrogen) atoms. The second-order valence-electron chi connectivity index (χ2n) is 28.6. The highest BCUT2D eigenvalue weighted by Crippen LogP contribution is 2.39. The molecule has 2 saturated carbocycles. The number of carbonyl (C=O) groups is 12. The van der Waals surface area contributed by atoms with E-state index < -0.39 is 192 Å². The number of nitrogens with one attached hydrogen (secondary N) is 3. The zero-order valence-electron chi connectivity index (χ0n) is 60.7. The predicted octanol–water partition coefficient (Wildman–Crippen LogP) is 6.08. The highest BCUT2D eigenvalue weighted by Gasteiger charge is 2.52. The van der Waals surface area contributed by atoms with Crippen LogP contribution < -0.4 is 16.0 Å². The lowest BCUT2D eigenvalue weighted by molar-refractivity contribution is -0.156. The van der Waals surface area contributed by atoms with Crippen molar-refractivity contribution in [2.75, 3.05) is 88.6 Å². The van der Waals surface area contributed by atoms with Gasteiger partial charge in [-0.2, -0.15) is 26.3 Å². The summed E-state index contributed by atoms with van der Waals surface area (Å²) < 4.78 is 83.0. The highest BCUT2D eigenvalue weighted by molar-refractivity contribution is 6.31. The fourth-order valence-corrected chi connectivity index (χ4v) is 15.1. The zero-order chi connectivity index (χ0) is 76.2. The Balaban J connectivity index is 1.30. The summed E-state index contributed by atoms with van der Waals surface area (Å²) in [5.74, 6) is -9.99. The van der Waals surface area contributed by atoms with Crippen LogP contribution in [0.2, 0.25) is 5.02 Å². The van der Waals surface area contributed by atoms with Crippen LogP contribution in [0.4, 0.5) is 26.3 Å². The second-order valence-corrected chi connectivity index (χ2v) is 29.0. The third kappa shape index (κ3) is 20.3. The van der Waals surface area contributed by atoms with E-state index in [4.69, 9.17) is 11.6 Å². The number of hydrogen-bond acceptors (Lipinski definition) is 12. The molecule has 3 heterocycles. The molecule has 2 aliphatic carbocycles. The number of likely N-dealkylation sites (N-methyl/N-ethyl adjacent to an activating group) is 7. The molecule has 2 aromatic rings. The molecule has 2 aromatic carbocycles. The summed E-state index contributed by atoms with van der Waals surface area (Å²) in [6, 6.07) is -2.77. The summed E-state index contributed by atoms with van der Waals surface area (Å²) in [5.41, 5.74) is -3.39. The van der Waals surface area contributed by atoms with E-state index in [-0.39, 0.29) is 62.6 Å². The Morgan fingerprint density at radius 2 is 1.19 bits per heavy atom. The minimum atomic E-state index is -4.81. The average Bonchev–Trinajstić information content (AvgIpc) is 1.74. The molecule has 3 aliphatic heterocycles. The van der Waals surface area contributed by atoms with Crippen LogP contribution in [-0.4, -0.2) is 251 Å². The van der Waals surface area contributed by atoms with E-state index in [1.54, 1.807) is 25.7 Å². The van der Waals surface area contributed by atoms with Gasteiger partial charge < -0.3 is 60.0 Å². The molecule has 0 bridgehead atoms. The van der Waals surface area contributed by atoms with Crippen LogP contribution in [0.1, 0.15) is 159 Å². The number of rotatable bonds is 11. The molecule has 1 spiro atoms. The molecule has 3 N–H and O–H groups in total. The number of alkyl halides is 6. The number of halogens is 7. The normalized spacial score (nSPS) is 25.4. The summed E-state index contributed by atoms with van der Waals surface area (Å²) in [6.07, 6.45) is -4.04. The molecule has 7 rings (SSSR count). The van der Waals surface area contributed by atoms with Gasteiger partial charge >= 0.3 is 12.4 Å². The van der Waals surface area contributed by atoms with Gasteiger partial charge in [0.2, 0.25) is 70.9 Å². The van der Waals surface area contributed by atoms with Crippen LogP contribution in [0.25, 0.3) is 0 Å². The van der Waals surface area contributed by atoms with Crippen molar-refractivity contribution >= 4 is 82.5 Å². The molecule has 12 amide bonds. The van der Waals surface area contributed by atoms with Crippen molar-refractivity contribution in [3.05, 3.63) is 69.7 Å². The molecular weight excluding hydrogens is 1370 g/mol. The average molecular weight is 1480 g/mol. The van der Waals surface area contributed by atoms with E-state index in [9.17, 15) is 64.7 Å². The van der Waals surface area contributed by atoms with Crippen molar-refractivity contribution < 1.29 is 83.9 Å². The maximum Gasteiger partial charge on any atom is 0.417 e. The summed E-state index contributed by atoms with van der Waals surface area (Å²) in [6.45, 7) is 3.73. The quantitative estimate of drug-likeness (QED) is 0.216. The fraction of sp³-hybridized carbons (Fsp3) is 0.667. The summed E-state index contributed by atoms with van der Waals surface area (Å²) >= 11 is 6.13. The van der Waals surface area contributed by atoms with E-state index in [0.29, 0.717) is 77.3 Å². The Hall–Kier alpha value is -8.05. The number of nitrogens with zero attached hydrogens (tertiary/aromatic N) is 9. The van der Waals surface area contributed by atoms with Gasteiger partial charge in [0.05, 0.1) is 42.2 Å². The molecule has 570 valence electrons. The van der Waals surface area contributed by atoms with Gasteiger partial charge in [0.1, 0.15) is 47.8 Å². The topological polar surface area (TPSA) is 270 Å². The Kier molecular flexibility index (Phi) is 28.4. The van der Waals surface area contributed by atoms with Gasteiger partial charge in [0.25, 0.3) is 0 Å². The fourth-order valence-electron chi connectivity index (χ4n) is 14.8. The van der Waals surface area contributed by atoms with Crippen molar-refractivity contribution in [1.29, 1.82) is 0 Å². The van der Waals surface area contributed by atoms with Gasteiger partial charge in [0.15, 0.2) is 0 Å². The van der Waals surface area contributed by atoms with Crippen molar-refractivity contribution in [3.63, 3.8) is 0 Å². The first kappa shape index (κ1) is 82.2. The molecule has 5 aliphatic rings. The monoisotopic (exact) mass is 1470 g/mol.